The normalized spacial score (nSPS) is 13.2. The Morgan fingerprint density at radius 2 is 1.70 bits per heavy atom. The number of nitrogens with zero attached hydrogens (tertiary/aromatic N) is 4. The maximum atomic E-state index is 10.7. The third kappa shape index (κ3) is 4.13. The van der Waals surface area contributed by atoms with E-state index in [9.17, 15) is 5.11 Å². The highest BCUT2D eigenvalue weighted by Gasteiger charge is 2.38. The predicted octanol–water partition coefficient (Wildman–Crippen LogP) is 7.47. The standard InChI is InChI=1S/C31H26N4OS/c1-31(2)24-10-5-11-27(36)29(24)30-25(31)12-13-26(34-30)20-7-4-9-23(17-20)37-28-18-21(14-16-33-28)35(3)22-8-6-15-32-19-22/h4-19,36H,1-3H3. The Morgan fingerprint density at radius 1 is 0.838 bits per heavy atom. The lowest BCUT2D eigenvalue weighted by Crippen LogP contribution is -2.14. The Bertz CT molecular complexity index is 1620. The lowest BCUT2D eigenvalue weighted by molar-refractivity contribution is 0.476. The summed E-state index contributed by atoms with van der Waals surface area (Å²) < 4.78 is 0. The molecule has 0 bridgehead atoms. The van der Waals surface area contributed by atoms with Crippen LogP contribution < -0.4 is 4.90 Å². The molecule has 0 saturated heterocycles. The summed E-state index contributed by atoms with van der Waals surface area (Å²) in [5.41, 5.74) is 7.72. The molecule has 0 aliphatic heterocycles. The van der Waals surface area contributed by atoms with Gasteiger partial charge in [-0.15, -0.1) is 0 Å². The Hall–Kier alpha value is -4.16. The van der Waals surface area contributed by atoms with Crippen LogP contribution in [0.15, 0.2) is 107 Å². The van der Waals surface area contributed by atoms with Gasteiger partial charge in [-0.2, -0.15) is 0 Å². The quantitative estimate of drug-likeness (QED) is 0.269. The Morgan fingerprint density at radius 3 is 2.54 bits per heavy atom. The van der Waals surface area contributed by atoms with Crippen LogP contribution in [0.2, 0.25) is 0 Å². The molecule has 0 fully saturated rings. The molecule has 1 N–H and O–H groups in total. The van der Waals surface area contributed by atoms with Gasteiger partial charge in [0.2, 0.25) is 0 Å². The van der Waals surface area contributed by atoms with E-state index < -0.39 is 0 Å². The number of rotatable bonds is 5. The fraction of sp³-hybridized carbons (Fsp3) is 0.129. The van der Waals surface area contributed by atoms with Crippen molar-refractivity contribution in [2.75, 3.05) is 11.9 Å². The van der Waals surface area contributed by atoms with Crippen LogP contribution in [0.25, 0.3) is 22.5 Å². The monoisotopic (exact) mass is 502 g/mol. The first-order valence-electron chi connectivity index (χ1n) is 12.1. The van der Waals surface area contributed by atoms with Crippen molar-refractivity contribution in [1.29, 1.82) is 0 Å². The van der Waals surface area contributed by atoms with Crippen molar-refractivity contribution in [3.8, 4) is 28.3 Å². The number of anilines is 2. The van der Waals surface area contributed by atoms with Gasteiger partial charge in [-0.25, -0.2) is 9.97 Å². The number of hydrogen-bond donors (Lipinski definition) is 1. The SMILES string of the molecule is CN(c1cccnc1)c1ccnc(Sc2cccc(-c3ccc4c(n3)-c3c(O)cccc3C4(C)C)c2)c1. The molecule has 6 rings (SSSR count). The molecule has 0 amide bonds. The van der Waals surface area contributed by atoms with E-state index in [4.69, 9.17) is 4.98 Å². The second-order valence-corrected chi connectivity index (χ2v) is 10.8. The molecule has 0 unspecified atom stereocenters. The van der Waals surface area contributed by atoms with Crippen LogP contribution in [0.1, 0.15) is 25.0 Å². The van der Waals surface area contributed by atoms with Gasteiger partial charge in [0, 0.05) is 46.6 Å². The molecule has 5 nitrogen and oxygen atoms in total. The van der Waals surface area contributed by atoms with Gasteiger partial charge in [0.05, 0.1) is 23.3 Å². The van der Waals surface area contributed by atoms with Gasteiger partial charge in [-0.05, 0) is 59.7 Å². The van der Waals surface area contributed by atoms with Crippen molar-refractivity contribution in [2.45, 2.75) is 29.2 Å². The second-order valence-electron chi connectivity index (χ2n) is 9.67. The van der Waals surface area contributed by atoms with Crippen LogP contribution in [-0.4, -0.2) is 27.1 Å². The van der Waals surface area contributed by atoms with Crippen LogP contribution in [0, 0.1) is 0 Å². The highest BCUT2D eigenvalue weighted by atomic mass is 32.2. The van der Waals surface area contributed by atoms with Crippen LogP contribution in [0.5, 0.6) is 5.75 Å². The second kappa shape index (κ2) is 9.05. The van der Waals surface area contributed by atoms with Crippen molar-refractivity contribution in [1.82, 2.24) is 15.0 Å². The highest BCUT2D eigenvalue weighted by Crippen LogP contribution is 2.51. The fourth-order valence-corrected chi connectivity index (χ4v) is 5.84. The molecule has 5 aromatic rings. The van der Waals surface area contributed by atoms with E-state index in [2.05, 4.69) is 71.2 Å². The van der Waals surface area contributed by atoms with Crippen molar-refractivity contribution < 1.29 is 5.11 Å². The largest absolute Gasteiger partial charge is 0.507 e. The predicted molar refractivity (Wildman–Crippen MR) is 150 cm³/mol. The van der Waals surface area contributed by atoms with Gasteiger partial charge >= 0.3 is 0 Å². The summed E-state index contributed by atoms with van der Waals surface area (Å²) in [4.78, 5) is 17.0. The minimum atomic E-state index is -0.202. The number of pyridine rings is 3. The van der Waals surface area contributed by atoms with Crippen LogP contribution in [0.3, 0.4) is 0 Å². The lowest BCUT2D eigenvalue weighted by Gasteiger charge is -2.21. The minimum Gasteiger partial charge on any atom is -0.507 e. The Labute approximate surface area is 220 Å². The van der Waals surface area contributed by atoms with Gasteiger partial charge in [0.1, 0.15) is 10.8 Å². The average molecular weight is 503 g/mol. The molecule has 0 atom stereocenters. The van der Waals surface area contributed by atoms with E-state index in [1.165, 1.54) is 0 Å². The summed E-state index contributed by atoms with van der Waals surface area (Å²) in [6, 6.07) is 26.4. The molecule has 3 heterocycles. The van der Waals surface area contributed by atoms with Crippen LogP contribution in [-0.2, 0) is 5.41 Å². The molecule has 182 valence electrons. The summed E-state index contributed by atoms with van der Waals surface area (Å²) in [6.07, 6.45) is 5.46. The van der Waals surface area contributed by atoms with Crippen LogP contribution in [0.4, 0.5) is 11.4 Å². The first kappa shape index (κ1) is 23.3. The first-order valence-corrected chi connectivity index (χ1v) is 13.0. The number of hydrogen-bond acceptors (Lipinski definition) is 6. The molecule has 0 spiro atoms. The van der Waals surface area contributed by atoms with E-state index in [1.54, 1.807) is 24.0 Å². The molecular weight excluding hydrogens is 476 g/mol. The molecule has 2 aromatic carbocycles. The van der Waals surface area contributed by atoms with Crippen molar-refractivity contribution in [3.05, 3.63) is 109 Å². The molecule has 0 radical (unpaired) electrons. The fourth-order valence-electron chi connectivity index (χ4n) is 4.97. The van der Waals surface area contributed by atoms with E-state index in [-0.39, 0.29) is 11.2 Å². The van der Waals surface area contributed by atoms with Gasteiger partial charge in [-0.3, -0.25) is 4.98 Å². The van der Waals surface area contributed by atoms with Gasteiger partial charge in [0.15, 0.2) is 0 Å². The molecule has 6 heteroatoms. The third-order valence-electron chi connectivity index (χ3n) is 7.01. The molecule has 37 heavy (non-hydrogen) atoms. The van der Waals surface area contributed by atoms with E-state index in [0.717, 1.165) is 54.9 Å². The first-order chi connectivity index (χ1) is 17.9. The summed E-state index contributed by atoms with van der Waals surface area (Å²) in [5, 5.41) is 11.6. The molecule has 1 aliphatic rings. The van der Waals surface area contributed by atoms with Crippen molar-refractivity contribution >= 4 is 23.1 Å². The number of aromatic nitrogens is 3. The zero-order valence-corrected chi connectivity index (χ0v) is 21.7. The van der Waals surface area contributed by atoms with Crippen molar-refractivity contribution in [2.24, 2.45) is 0 Å². The lowest BCUT2D eigenvalue weighted by atomic mass is 9.83. The summed E-state index contributed by atoms with van der Waals surface area (Å²) in [7, 11) is 2.03. The number of benzene rings is 2. The molecular formula is C31H26N4OS. The zero-order chi connectivity index (χ0) is 25.6. The van der Waals surface area contributed by atoms with Crippen LogP contribution >= 0.6 is 11.8 Å². The van der Waals surface area contributed by atoms with E-state index >= 15 is 0 Å². The van der Waals surface area contributed by atoms with Gasteiger partial charge in [-0.1, -0.05) is 55.9 Å². The average Bonchev–Trinajstić information content (AvgIpc) is 3.16. The number of fused-ring (bicyclic) bond motifs is 3. The zero-order valence-electron chi connectivity index (χ0n) is 20.9. The summed E-state index contributed by atoms with van der Waals surface area (Å²) >= 11 is 1.62. The topological polar surface area (TPSA) is 62.1 Å². The smallest absolute Gasteiger partial charge is 0.125 e. The molecule has 3 aromatic heterocycles. The molecule has 0 saturated carbocycles. The van der Waals surface area contributed by atoms with Gasteiger partial charge in [0.25, 0.3) is 0 Å². The number of phenolic OH excluding ortho intramolecular Hbond substituents is 1. The third-order valence-corrected chi connectivity index (χ3v) is 7.93. The minimum absolute atomic E-state index is 0.202. The van der Waals surface area contributed by atoms with E-state index in [0.29, 0.717) is 0 Å². The Kier molecular flexibility index (Phi) is 5.69. The molecule has 1 aliphatic carbocycles. The van der Waals surface area contributed by atoms with Crippen molar-refractivity contribution in [3.63, 3.8) is 0 Å². The number of aromatic hydroxyl groups is 1. The van der Waals surface area contributed by atoms with E-state index in [1.807, 2.05) is 49.8 Å². The summed E-state index contributed by atoms with van der Waals surface area (Å²) in [6.45, 7) is 4.37. The number of phenols is 1. The maximum Gasteiger partial charge on any atom is 0.125 e. The summed E-state index contributed by atoms with van der Waals surface area (Å²) in [5.74, 6) is 0.278. The maximum absolute atomic E-state index is 10.7. The van der Waals surface area contributed by atoms with Gasteiger partial charge < -0.3 is 10.0 Å². The highest BCUT2D eigenvalue weighted by molar-refractivity contribution is 7.99. The Balaban J connectivity index is 1.31.